The van der Waals surface area contributed by atoms with Crippen molar-refractivity contribution in [3.8, 4) is 0 Å². The summed E-state index contributed by atoms with van der Waals surface area (Å²) in [4.78, 5) is 17.1. The Bertz CT molecular complexity index is 1120. The Hall–Kier alpha value is -2.76. The number of rotatable bonds is 7. The maximum Gasteiger partial charge on any atom is 0.222 e. The fraction of sp³-hybridized carbons (Fsp3) is 0.182. The fourth-order valence-corrected chi connectivity index (χ4v) is 3.55. The highest BCUT2D eigenvalue weighted by atomic mass is 35.5. The molecule has 2 aromatic carbocycles. The van der Waals surface area contributed by atoms with Gasteiger partial charge in [-0.3, -0.25) is 4.79 Å². The van der Waals surface area contributed by atoms with Gasteiger partial charge in [0.25, 0.3) is 0 Å². The lowest BCUT2D eigenvalue weighted by molar-refractivity contribution is -0.121. The predicted octanol–water partition coefficient (Wildman–Crippen LogP) is 5.23. The minimum Gasteiger partial charge on any atom is -0.467 e. The standard InChI is InChI=1S/C22H19Cl2N3O2/c23-17-12-19-20(13-18(17)24)27(21(26-19)11-15-5-2-1-3-6-15)9-8-22(28)25-14-16-7-4-10-29-16/h1-7,10,12-13H,8-9,11,14H2,(H,25,28). The molecule has 2 heterocycles. The van der Waals surface area contributed by atoms with Crippen LogP contribution in [0.5, 0.6) is 0 Å². The number of hydrogen-bond acceptors (Lipinski definition) is 3. The van der Waals surface area contributed by atoms with Gasteiger partial charge in [-0.15, -0.1) is 0 Å². The molecule has 0 aliphatic carbocycles. The number of nitrogens with zero attached hydrogens (tertiary/aromatic N) is 2. The molecule has 148 valence electrons. The van der Waals surface area contributed by atoms with Crippen molar-refractivity contribution in [1.82, 2.24) is 14.9 Å². The summed E-state index contributed by atoms with van der Waals surface area (Å²) in [6.07, 6.45) is 2.55. The molecule has 0 spiro atoms. The van der Waals surface area contributed by atoms with E-state index in [0.717, 1.165) is 28.2 Å². The Kier molecular flexibility index (Phi) is 5.88. The Morgan fingerprint density at radius 3 is 2.62 bits per heavy atom. The van der Waals surface area contributed by atoms with Crippen LogP contribution in [0.3, 0.4) is 0 Å². The highest BCUT2D eigenvalue weighted by Gasteiger charge is 2.15. The Morgan fingerprint density at radius 2 is 1.86 bits per heavy atom. The Labute approximate surface area is 178 Å². The lowest BCUT2D eigenvalue weighted by atomic mass is 10.1. The maximum atomic E-state index is 12.3. The van der Waals surface area contributed by atoms with Crippen LogP contribution in [0.15, 0.2) is 65.3 Å². The Morgan fingerprint density at radius 1 is 1.07 bits per heavy atom. The quantitative estimate of drug-likeness (QED) is 0.438. The third-order valence-corrected chi connectivity index (χ3v) is 5.40. The molecule has 0 aliphatic heterocycles. The van der Waals surface area contributed by atoms with Crippen molar-refractivity contribution < 1.29 is 9.21 Å². The van der Waals surface area contributed by atoms with Gasteiger partial charge in [-0.2, -0.15) is 0 Å². The highest BCUT2D eigenvalue weighted by molar-refractivity contribution is 6.42. The first-order valence-corrected chi connectivity index (χ1v) is 10.0. The minimum atomic E-state index is -0.0611. The van der Waals surface area contributed by atoms with Crippen molar-refractivity contribution in [2.75, 3.05) is 0 Å². The summed E-state index contributed by atoms with van der Waals surface area (Å²) in [6, 6.07) is 17.3. The average molecular weight is 428 g/mol. The monoisotopic (exact) mass is 427 g/mol. The largest absolute Gasteiger partial charge is 0.467 e. The van der Waals surface area contributed by atoms with Crippen LogP contribution in [0.1, 0.15) is 23.6 Å². The highest BCUT2D eigenvalue weighted by Crippen LogP contribution is 2.29. The minimum absolute atomic E-state index is 0.0611. The first-order valence-electron chi connectivity index (χ1n) is 9.27. The van der Waals surface area contributed by atoms with Crippen molar-refractivity contribution in [3.63, 3.8) is 0 Å². The number of carbonyl (C=O) groups is 1. The number of aromatic nitrogens is 2. The molecule has 29 heavy (non-hydrogen) atoms. The van der Waals surface area contributed by atoms with Crippen molar-refractivity contribution in [1.29, 1.82) is 0 Å². The smallest absolute Gasteiger partial charge is 0.222 e. The van der Waals surface area contributed by atoms with Crippen LogP contribution in [0.4, 0.5) is 0 Å². The number of furan rings is 1. The van der Waals surface area contributed by atoms with Gasteiger partial charge in [0.1, 0.15) is 11.6 Å². The molecular weight excluding hydrogens is 409 g/mol. The van der Waals surface area contributed by atoms with Crippen molar-refractivity contribution in [3.05, 3.63) is 88.1 Å². The van der Waals surface area contributed by atoms with Gasteiger partial charge in [-0.25, -0.2) is 4.98 Å². The maximum absolute atomic E-state index is 12.3. The van der Waals surface area contributed by atoms with Gasteiger partial charge in [0, 0.05) is 19.4 Å². The summed E-state index contributed by atoms with van der Waals surface area (Å²) in [5, 5.41) is 3.80. The summed E-state index contributed by atoms with van der Waals surface area (Å²) < 4.78 is 7.28. The second kappa shape index (κ2) is 8.72. The number of fused-ring (bicyclic) bond motifs is 1. The SMILES string of the molecule is O=C(CCn1c(Cc2ccccc2)nc2cc(Cl)c(Cl)cc21)NCc1ccco1. The van der Waals surface area contributed by atoms with E-state index in [2.05, 4.69) is 17.4 Å². The number of aryl methyl sites for hydroxylation is 1. The molecule has 0 aliphatic rings. The molecule has 2 aromatic heterocycles. The molecule has 0 atom stereocenters. The molecule has 0 saturated heterocycles. The zero-order valence-electron chi connectivity index (χ0n) is 15.6. The topological polar surface area (TPSA) is 60.1 Å². The van der Waals surface area contributed by atoms with Crippen molar-refractivity contribution >= 4 is 40.1 Å². The number of hydrogen-bond donors (Lipinski definition) is 1. The lowest BCUT2D eigenvalue weighted by Gasteiger charge is -2.10. The fourth-order valence-electron chi connectivity index (χ4n) is 3.23. The molecule has 5 nitrogen and oxygen atoms in total. The predicted molar refractivity (Wildman–Crippen MR) is 114 cm³/mol. The van der Waals surface area contributed by atoms with E-state index in [1.54, 1.807) is 18.4 Å². The van der Waals surface area contributed by atoms with Crippen LogP contribution in [0.25, 0.3) is 11.0 Å². The van der Waals surface area contributed by atoms with Gasteiger partial charge >= 0.3 is 0 Å². The van der Waals surface area contributed by atoms with Gasteiger partial charge in [0.05, 0.1) is 33.9 Å². The lowest BCUT2D eigenvalue weighted by Crippen LogP contribution is -2.24. The number of carbonyl (C=O) groups excluding carboxylic acids is 1. The van der Waals surface area contributed by atoms with Gasteiger partial charge in [0.2, 0.25) is 5.91 Å². The third-order valence-electron chi connectivity index (χ3n) is 4.68. The second-order valence-corrected chi connectivity index (χ2v) is 7.52. The van der Waals surface area contributed by atoms with E-state index >= 15 is 0 Å². The van der Waals surface area contributed by atoms with Crippen LogP contribution in [0.2, 0.25) is 10.0 Å². The van der Waals surface area contributed by atoms with Crippen LogP contribution in [-0.2, 0) is 24.3 Å². The normalized spacial score (nSPS) is 11.1. The number of nitrogens with one attached hydrogen (secondary N) is 1. The number of imidazole rings is 1. The Balaban J connectivity index is 1.56. The third kappa shape index (κ3) is 4.63. The van der Waals surface area contributed by atoms with E-state index in [0.29, 0.717) is 36.0 Å². The van der Waals surface area contributed by atoms with E-state index in [-0.39, 0.29) is 5.91 Å². The van der Waals surface area contributed by atoms with Crippen LogP contribution >= 0.6 is 23.2 Å². The summed E-state index contributed by atoms with van der Waals surface area (Å²) in [5.74, 6) is 1.52. The number of amides is 1. The first-order chi connectivity index (χ1) is 14.1. The summed E-state index contributed by atoms with van der Waals surface area (Å²) in [5.41, 5.74) is 2.77. The molecule has 0 bridgehead atoms. The number of benzene rings is 2. The van der Waals surface area contributed by atoms with Crippen LogP contribution < -0.4 is 5.32 Å². The summed E-state index contributed by atoms with van der Waals surface area (Å²) in [6.45, 7) is 0.857. The van der Waals surface area contributed by atoms with Crippen molar-refractivity contribution in [2.24, 2.45) is 0 Å². The van der Waals surface area contributed by atoms with Gasteiger partial charge < -0.3 is 14.3 Å². The second-order valence-electron chi connectivity index (χ2n) is 6.70. The molecule has 0 unspecified atom stereocenters. The molecule has 7 heteroatoms. The van der Waals surface area contributed by atoms with Gasteiger partial charge in [-0.1, -0.05) is 53.5 Å². The van der Waals surface area contributed by atoms with E-state index < -0.39 is 0 Å². The molecular formula is C22H19Cl2N3O2. The van der Waals surface area contributed by atoms with Crippen LogP contribution in [0, 0.1) is 0 Å². The van der Waals surface area contributed by atoms with Crippen LogP contribution in [-0.4, -0.2) is 15.5 Å². The first kappa shape index (κ1) is 19.6. The molecule has 0 radical (unpaired) electrons. The molecule has 4 rings (SSSR count). The zero-order valence-corrected chi connectivity index (χ0v) is 17.1. The molecule has 1 amide bonds. The zero-order chi connectivity index (χ0) is 20.2. The summed E-state index contributed by atoms with van der Waals surface area (Å²) >= 11 is 12.4. The molecule has 0 fully saturated rings. The van der Waals surface area contributed by atoms with Gasteiger partial charge in [0.15, 0.2) is 0 Å². The van der Waals surface area contributed by atoms with Crippen molar-refractivity contribution in [2.45, 2.75) is 25.9 Å². The molecule has 0 saturated carbocycles. The van der Waals surface area contributed by atoms with E-state index in [9.17, 15) is 4.79 Å². The van der Waals surface area contributed by atoms with E-state index in [4.69, 9.17) is 32.6 Å². The molecule has 1 N–H and O–H groups in total. The van der Waals surface area contributed by atoms with E-state index in [1.807, 2.05) is 34.9 Å². The summed E-state index contributed by atoms with van der Waals surface area (Å²) in [7, 11) is 0. The average Bonchev–Trinajstić information content (AvgIpc) is 3.34. The van der Waals surface area contributed by atoms with E-state index in [1.165, 1.54) is 0 Å². The van der Waals surface area contributed by atoms with Gasteiger partial charge in [-0.05, 0) is 29.8 Å². The molecule has 4 aromatic rings. The number of halogens is 2.